The first-order valence-electron chi connectivity index (χ1n) is 8.20. The van der Waals surface area contributed by atoms with Gasteiger partial charge in [-0.15, -0.1) is 11.3 Å². The van der Waals surface area contributed by atoms with E-state index in [2.05, 4.69) is 30.8 Å². The Bertz CT molecular complexity index is 1020. The number of halogens is 1. The molecular weight excluding hydrogens is 368 g/mol. The van der Waals surface area contributed by atoms with Crippen LogP contribution in [0.25, 0.3) is 10.2 Å². The number of nitrogens with one attached hydrogen (secondary N) is 3. The van der Waals surface area contributed by atoms with E-state index < -0.39 is 0 Å². The van der Waals surface area contributed by atoms with Gasteiger partial charge < -0.3 is 10.6 Å². The van der Waals surface area contributed by atoms with Gasteiger partial charge in [-0.1, -0.05) is 23.7 Å². The number of aromatic amines is 1. The van der Waals surface area contributed by atoms with Crippen molar-refractivity contribution >= 4 is 50.7 Å². The molecule has 3 aromatic heterocycles. The Morgan fingerprint density at radius 2 is 2.00 bits per heavy atom. The first-order chi connectivity index (χ1) is 12.7. The van der Waals surface area contributed by atoms with Crippen LogP contribution in [0.1, 0.15) is 11.3 Å². The predicted octanol–water partition coefficient (Wildman–Crippen LogP) is 4.77. The number of hydrogen-bond acceptors (Lipinski definition) is 6. The van der Waals surface area contributed by atoms with E-state index >= 15 is 0 Å². The van der Waals surface area contributed by atoms with Gasteiger partial charge in [0.2, 0.25) is 5.95 Å². The molecule has 26 heavy (non-hydrogen) atoms. The molecule has 0 radical (unpaired) electrons. The summed E-state index contributed by atoms with van der Waals surface area (Å²) in [6, 6.07) is 11.8. The zero-order chi connectivity index (χ0) is 17.9. The van der Waals surface area contributed by atoms with Crippen LogP contribution in [0.2, 0.25) is 5.02 Å². The molecule has 0 spiro atoms. The summed E-state index contributed by atoms with van der Waals surface area (Å²) in [5, 5.41) is 16.5. The van der Waals surface area contributed by atoms with Crippen molar-refractivity contribution in [3.05, 3.63) is 58.1 Å². The molecule has 6 nitrogen and oxygen atoms in total. The SMILES string of the molecule is Cc1cc(Nc2nc(NCCc3ccc(Cl)cc3)nc3ccsc23)n[nH]1. The summed E-state index contributed by atoms with van der Waals surface area (Å²) in [4.78, 5) is 9.21. The van der Waals surface area contributed by atoms with Gasteiger partial charge in [-0.2, -0.15) is 10.1 Å². The average Bonchev–Trinajstić information content (AvgIpc) is 3.26. The quantitative estimate of drug-likeness (QED) is 0.446. The summed E-state index contributed by atoms with van der Waals surface area (Å²) in [5.74, 6) is 2.09. The zero-order valence-electron chi connectivity index (χ0n) is 14.1. The number of nitrogens with zero attached hydrogens (tertiary/aromatic N) is 3. The fourth-order valence-corrected chi connectivity index (χ4v) is 3.50. The molecule has 3 N–H and O–H groups in total. The van der Waals surface area contributed by atoms with Crippen LogP contribution in [0.5, 0.6) is 0 Å². The van der Waals surface area contributed by atoms with Gasteiger partial charge in [0.1, 0.15) is 0 Å². The monoisotopic (exact) mass is 384 g/mol. The highest BCUT2D eigenvalue weighted by atomic mass is 35.5. The second kappa shape index (κ2) is 7.31. The third-order valence-corrected chi connectivity index (χ3v) is 5.03. The topological polar surface area (TPSA) is 78.5 Å². The lowest BCUT2D eigenvalue weighted by atomic mass is 10.1. The summed E-state index contributed by atoms with van der Waals surface area (Å²) in [7, 11) is 0. The number of hydrogen-bond donors (Lipinski definition) is 3. The Morgan fingerprint density at radius 1 is 1.15 bits per heavy atom. The van der Waals surface area contributed by atoms with E-state index in [0.717, 1.165) is 45.5 Å². The molecule has 4 aromatic rings. The molecule has 4 rings (SSSR count). The average molecular weight is 385 g/mol. The number of aromatic nitrogens is 4. The van der Waals surface area contributed by atoms with Gasteiger partial charge in [0.25, 0.3) is 0 Å². The first kappa shape index (κ1) is 16.8. The van der Waals surface area contributed by atoms with Crippen LogP contribution in [0.3, 0.4) is 0 Å². The number of anilines is 3. The van der Waals surface area contributed by atoms with Gasteiger partial charge in [0.15, 0.2) is 11.6 Å². The van der Waals surface area contributed by atoms with Crippen molar-refractivity contribution < 1.29 is 0 Å². The maximum Gasteiger partial charge on any atom is 0.225 e. The summed E-state index contributed by atoms with van der Waals surface area (Å²) in [5.41, 5.74) is 3.11. The highest BCUT2D eigenvalue weighted by Crippen LogP contribution is 2.29. The molecule has 0 saturated heterocycles. The minimum atomic E-state index is 0.597. The number of benzene rings is 1. The van der Waals surface area contributed by atoms with Crippen molar-refractivity contribution in [3.63, 3.8) is 0 Å². The molecule has 1 aromatic carbocycles. The van der Waals surface area contributed by atoms with Crippen molar-refractivity contribution in [3.8, 4) is 0 Å². The van der Waals surface area contributed by atoms with Crippen molar-refractivity contribution in [2.45, 2.75) is 13.3 Å². The van der Waals surface area contributed by atoms with Gasteiger partial charge in [0, 0.05) is 23.3 Å². The Labute approximate surface area is 159 Å². The molecule has 0 saturated carbocycles. The van der Waals surface area contributed by atoms with E-state index in [0.29, 0.717) is 5.95 Å². The van der Waals surface area contributed by atoms with E-state index in [4.69, 9.17) is 11.6 Å². The fraction of sp³-hybridized carbons (Fsp3) is 0.167. The van der Waals surface area contributed by atoms with E-state index in [1.165, 1.54) is 5.56 Å². The Balaban J connectivity index is 1.50. The lowest BCUT2D eigenvalue weighted by Crippen LogP contribution is -2.09. The molecule has 0 amide bonds. The third kappa shape index (κ3) is 3.79. The fourth-order valence-electron chi connectivity index (χ4n) is 2.60. The highest BCUT2D eigenvalue weighted by molar-refractivity contribution is 7.17. The molecule has 0 aliphatic rings. The maximum atomic E-state index is 5.92. The number of aryl methyl sites for hydroxylation is 1. The summed E-state index contributed by atoms with van der Waals surface area (Å²) in [6.07, 6.45) is 0.865. The molecule has 0 atom stereocenters. The number of H-pyrrole nitrogens is 1. The van der Waals surface area contributed by atoms with Crippen LogP contribution in [0, 0.1) is 6.92 Å². The first-order valence-corrected chi connectivity index (χ1v) is 9.46. The van der Waals surface area contributed by atoms with Gasteiger partial charge in [0.05, 0.1) is 10.2 Å². The van der Waals surface area contributed by atoms with Gasteiger partial charge in [-0.05, 0) is 42.5 Å². The number of thiophene rings is 1. The highest BCUT2D eigenvalue weighted by Gasteiger charge is 2.10. The van der Waals surface area contributed by atoms with Crippen molar-refractivity contribution in [2.75, 3.05) is 17.2 Å². The van der Waals surface area contributed by atoms with E-state index in [-0.39, 0.29) is 0 Å². The van der Waals surface area contributed by atoms with E-state index in [1.54, 1.807) is 11.3 Å². The normalized spacial score (nSPS) is 11.0. The minimum Gasteiger partial charge on any atom is -0.354 e. The van der Waals surface area contributed by atoms with Crippen LogP contribution in [0.4, 0.5) is 17.6 Å². The van der Waals surface area contributed by atoms with Crippen molar-refractivity contribution in [1.82, 2.24) is 20.2 Å². The van der Waals surface area contributed by atoms with Gasteiger partial charge in [-0.25, -0.2) is 4.98 Å². The summed E-state index contributed by atoms with van der Waals surface area (Å²) >= 11 is 7.53. The predicted molar refractivity (Wildman–Crippen MR) is 108 cm³/mol. The summed E-state index contributed by atoms with van der Waals surface area (Å²) < 4.78 is 1.01. The van der Waals surface area contributed by atoms with Crippen LogP contribution >= 0.6 is 22.9 Å². The maximum absolute atomic E-state index is 5.92. The number of fused-ring (bicyclic) bond motifs is 1. The Kier molecular flexibility index (Phi) is 4.73. The molecule has 0 aliphatic heterocycles. The molecule has 0 unspecified atom stereocenters. The second-order valence-electron chi connectivity index (χ2n) is 5.90. The lowest BCUT2D eigenvalue weighted by molar-refractivity contribution is 0.991. The number of rotatable bonds is 6. The van der Waals surface area contributed by atoms with Crippen molar-refractivity contribution in [1.29, 1.82) is 0 Å². The van der Waals surface area contributed by atoms with Crippen LogP contribution in [-0.2, 0) is 6.42 Å². The molecule has 0 fully saturated rings. The Hall–Kier alpha value is -2.64. The van der Waals surface area contributed by atoms with E-state index in [1.807, 2.05) is 48.7 Å². The summed E-state index contributed by atoms with van der Waals surface area (Å²) in [6.45, 7) is 2.70. The standard InChI is InChI=1S/C18H17ClN6S/c1-11-10-15(25-24-11)22-17-16-14(7-9-26-16)21-18(23-17)20-8-6-12-2-4-13(19)5-3-12/h2-5,7,9-10H,6,8H2,1H3,(H3,20,21,22,23,24,25). The van der Waals surface area contributed by atoms with E-state index in [9.17, 15) is 0 Å². The molecule has 3 heterocycles. The van der Waals surface area contributed by atoms with Crippen molar-refractivity contribution in [2.24, 2.45) is 0 Å². The molecule has 0 aliphatic carbocycles. The van der Waals surface area contributed by atoms with Crippen LogP contribution in [-0.4, -0.2) is 26.7 Å². The molecular formula is C18H17ClN6S. The van der Waals surface area contributed by atoms with Gasteiger partial charge >= 0.3 is 0 Å². The second-order valence-corrected chi connectivity index (χ2v) is 7.25. The largest absolute Gasteiger partial charge is 0.354 e. The lowest BCUT2D eigenvalue weighted by Gasteiger charge is -2.09. The Morgan fingerprint density at radius 3 is 2.77 bits per heavy atom. The van der Waals surface area contributed by atoms with Crippen LogP contribution < -0.4 is 10.6 Å². The third-order valence-electron chi connectivity index (χ3n) is 3.87. The smallest absolute Gasteiger partial charge is 0.225 e. The minimum absolute atomic E-state index is 0.597. The van der Waals surface area contributed by atoms with Gasteiger partial charge in [-0.3, -0.25) is 5.10 Å². The molecule has 132 valence electrons. The zero-order valence-corrected chi connectivity index (χ0v) is 15.7. The molecule has 8 heteroatoms. The van der Waals surface area contributed by atoms with Crippen LogP contribution in [0.15, 0.2) is 41.8 Å². The molecule has 0 bridgehead atoms.